The van der Waals surface area contributed by atoms with Crippen LogP contribution >= 0.6 is 0 Å². The largest absolute Gasteiger partial charge is 0.416 e. The minimum atomic E-state index is -4.44. The van der Waals surface area contributed by atoms with Crippen LogP contribution in [0.15, 0.2) is 30.6 Å². The number of carbonyl (C=O) groups excluding carboxylic acids is 1. The third-order valence-corrected chi connectivity index (χ3v) is 6.01. The van der Waals surface area contributed by atoms with E-state index in [0.717, 1.165) is 12.1 Å². The van der Waals surface area contributed by atoms with E-state index in [4.69, 9.17) is 10.5 Å². The van der Waals surface area contributed by atoms with Crippen LogP contribution in [0.2, 0.25) is 0 Å². The van der Waals surface area contributed by atoms with Crippen LogP contribution < -0.4 is 16.0 Å². The van der Waals surface area contributed by atoms with E-state index in [1.54, 1.807) is 9.80 Å². The normalized spacial score (nSPS) is 18.7. The molecule has 9 nitrogen and oxygen atoms in total. The Bertz CT molecular complexity index is 1010. The molecule has 36 heavy (non-hydrogen) atoms. The van der Waals surface area contributed by atoms with E-state index in [2.05, 4.69) is 15.3 Å². The summed E-state index contributed by atoms with van der Waals surface area (Å²) in [6.45, 7) is 1.75. The fourth-order valence-corrected chi connectivity index (χ4v) is 4.06. The molecule has 2 atom stereocenters. The number of hydrogen-bond acceptors (Lipinski definition) is 8. The monoisotopic (exact) mass is 514 g/mol. The van der Waals surface area contributed by atoms with Crippen LogP contribution in [0.25, 0.3) is 0 Å². The maximum atomic E-state index is 15.4. The highest BCUT2D eigenvalue weighted by molar-refractivity contribution is 5.75. The molecule has 1 aromatic carbocycles. The van der Waals surface area contributed by atoms with Gasteiger partial charge in [0.2, 0.25) is 11.7 Å². The molecule has 1 amide bonds. The smallest absolute Gasteiger partial charge is 0.391 e. The Morgan fingerprint density at radius 2 is 2.03 bits per heavy atom. The second kappa shape index (κ2) is 12.3. The number of nitrogens with zero attached hydrogens (tertiary/aromatic N) is 4. The molecule has 4 N–H and O–H groups in total. The van der Waals surface area contributed by atoms with Crippen LogP contribution in [0, 0.1) is 11.7 Å². The predicted molar refractivity (Wildman–Crippen MR) is 125 cm³/mol. The van der Waals surface area contributed by atoms with Crippen molar-refractivity contribution in [3.8, 4) is 0 Å². The van der Waals surface area contributed by atoms with Crippen molar-refractivity contribution in [2.75, 3.05) is 56.7 Å². The molecule has 1 saturated heterocycles. The van der Waals surface area contributed by atoms with E-state index in [0.29, 0.717) is 18.5 Å². The van der Waals surface area contributed by atoms with Crippen molar-refractivity contribution in [2.45, 2.75) is 25.2 Å². The van der Waals surface area contributed by atoms with Gasteiger partial charge in [0.15, 0.2) is 11.6 Å². The molecule has 3 rings (SSSR count). The van der Waals surface area contributed by atoms with Gasteiger partial charge in [-0.25, -0.2) is 9.97 Å². The number of alkyl halides is 3. The van der Waals surface area contributed by atoms with Gasteiger partial charge >= 0.3 is 6.18 Å². The zero-order valence-corrected chi connectivity index (χ0v) is 19.8. The molecule has 1 aliphatic heterocycles. The Morgan fingerprint density at radius 3 is 2.64 bits per heavy atom. The van der Waals surface area contributed by atoms with Crippen molar-refractivity contribution in [1.82, 2.24) is 14.9 Å². The first-order valence-electron chi connectivity index (χ1n) is 11.4. The number of piperidine rings is 1. The summed E-state index contributed by atoms with van der Waals surface area (Å²) in [6, 6.07) is 4.64. The Kier molecular flexibility index (Phi) is 9.40. The lowest BCUT2D eigenvalue weighted by Gasteiger charge is -2.35. The van der Waals surface area contributed by atoms with Gasteiger partial charge in [-0.05, 0) is 30.7 Å². The standard InChI is InChI=1S/C23H30F4N6O3/c1-36-9-8-33(11-15-2-4-17(5-3-15)23(25,26)27)22-20(24)21(30-14-31-22)29-10-16-6-7-32(12-18(16)34)13-19(28)35/h2-5,14,16,18,34H,6-13H2,1H3,(H2,28,35)(H,29,30,31)/t16-,18+/m0/s1. The number of ether oxygens (including phenoxy) is 1. The van der Waals surface area contributed by atoms with E-state index in [9.17, 15) is 23.1 Å². The number of rotatable bonds is 11. The third kappa shape index (κ3) is 7.48. The molecule has 198 valence electrons. The van der Waals surface area contributed by atoms with E-state index in [1.807, 2.05) is 0 Å². The van der Waals surface area contributed by atoms with Crippen molar-refractivity contribution in [1.29, 1.82) is 0 Å². The number of hydrogen-bond donors (Lipinski definition) is 3. The van der Waals surface area contributed by atoms with Gasteiger partial charge in [-0.3, -0.25) is 9.69 Å². The fourth-order valence-electron chi connectivity index (χ4n) is 4.06. The lowest BCUT2D eigenvalue weighted by atomic mass is 9.93. The molecule has 0 spiro atoms. The molecule has 0 radical (unpaired) electrons. The third-order valence-electron chi connectivity index (χ3n) is 6.01. The van der Waals surface area contributed by atoms with Crippen LogP contribution in [0.4, 0.5) is 29.2 Å². The second-order valence-corrected chi connectivity index (χ2v) is 8.67. The lowest BCUT2D eigenvalue weighted by molar-refractivity contribution is -0.137. The number of benzene rings is 1. The highest BCUT2D eigenvalue weighted by atomic mass is 19.4. The summed E-state index contributed by atoms with van der Waals surface area (Å²) in [5.41, 5.74) is 4.98. The van der Waals surface area contributed by atoms with E-state index in [1.165, 1.54) is 25.6 Å². The van der Waals surface area contributed by atoms with E-state index >= 15 is 4.39 Å². The van der Waals surface area contributed by atoms with Crippen LogP contribution in [0.3, 0.4) is 0 Å². The van der Waals surface area contributed by atoms with Crippen molar-refractivity contribution in [3.63, 3.8) is 0 Å². The molecule has 2 heterocycles. The summed E-state index contributed by atoms with van der Waals surface area (Å²) in [5.74, 6) is -1.46. The number of likely N-dealkylation sites (tertiary alicyclic amines) is 1. The van der Waals surface area contributed by atoms with Gasteiger partial charge in [-0.1, -0.05) is 12.1 Å². The summed E-state index contributed by atoms with van der Waals surface area (Å²) in [7, 11) is 1.49. The Labute approximate surface area is 206 Å². The Morgan fingerprint density at radius 1 is 1.31 bits per heavy atom. The molecule has 0 unspecified atom stereocenters. The quantitative estimate of drug-likeness (QED) is 0.389. The number of nitrogens with one attached hydrogen (secondary N) is 1. The van der Waals surface area contributed by atoms with Gasteiger partial charge in [0.25, 0.3) is 0 Å². The maximum absolute atomic E-state index is 15.4. The Hall–Kier alpha value is -3.03. The number of aliphatic hydroxyl groups excluding tert-OH is 1. The molecule has 1 fully saturated rings. The summed E-state index contributed by atoms with van der Waals surface area (Å²) in [6.07, 6.45) is -3.40. The van der Waals surface area contributed by atoms with E-state index < -0.39 is 29.6 Å². The fraction of sp³-hybridized carbons (Fsp3) is 0.522. The highest BCUT2D eigenvalue weighted by Gasteiger charge is 2.30. The molecule has 13 heteroatoms. The minimum Gasteiger partial charge on any atom is -0.391 e. The average Bonchev–Trinajstić information content (AvgIpc) is 2.81. The number of methoxy groups -OCH3 is 1. The lowest BCUT2D eigenvalue weighted by Crippen LogP contribution is -2.48. The summed E-state index contributed by atoms with van der Waals surface area (Å²) < 4.78 is 59.1. The summed E-state index contributed by atoms with van der Waals surface area (Å²) in [4.78, 5) is 22.5. The number of anilines is 2. The predicted octanol–water partition coefficient (Wildman–Crippen LogP) is 1.87. The van der Waals surface area contributed by atoms with Crippen molar-refractivity contribution >= 4 is 17.5 Å². The van der Waals surface area contributed by atoms with Crippen LogP contribution in [0.1, 0.15) is 17.5 Å². The summed E-state index contributed by atoms with van der Waals surface area (Å²) >= 11 is 0. The summed E-state index contributed by atoms with van der Waals surface area (Å²) in [5, 5.41) is 13.3. The highest BCUT2D eigenvalue weighted by Crippen LogP contribution is 2.30. The molecule has 0 saturated carbocycles. The molecule has 0 bridgehead atoms. The van der Waals surface area contributed by atoms with Crippen LogP contribution in [0.5, 0.6) is 0 Å². The Balaban J connectivity index is 1.69. The van der Waals surface area contributed by atoms with Gasteiger partial charge in [0.05, 0.1) is 24.8 Å². The zero-order valence-electron chi connectivity index (χ0n) is 19.8. The van der Waals surface area contributed by atoms with Gasteiger partial charge < -0.3 is 25.8 Å². The van der Waals surface area contributed by atoms with Crippen molar-refractivity contribution in [3.05, 3.63) is 47.5 Å². The number of nitrogens with two attached hydrogens (primary N) is 1. The van der Waals surface area contributed by atoms with Crippen molar-refractivity contribution in [2.24, 2.45) is 11.7 Å². The van der Waals surface area contributed by atoms with Gasteiger partial charge in [-0.2, -0.15) is 17.6 Å². The first-order chi connectivity index (χ1) is 17.1. The number of primary amides is 1. The maximum Gasteiger partial charge on any atom is 0.416 e. The number of β-amino-alcohol motifs (C(OH)–C–C–N with tert-alkyl or cyclic N) is 1. The first kappa shape index (κ1) is 27.6. The molecular weight excluding hydrogens is 484 g/mol. The number of carbonyl (C=O) groups is 1. The molecular formula is C23H30F4N6O3. The number of aliphatic hydroxyl groups is 1. The molecule has 1 aromatic heterocycles. The second-order valence-electron chi connectivity index (χ2n) is 8.67. The molecule has 0 aliphatic carbocycles. The minimum absolute atomic E-state index is 0.0266. The number of halogens is 4. The van der Waals surface area contributed by atoms with Crippen LogP contribution in [-0.4, -0.2) is 78.4 Å². The van der Waals surface area contributed by atoms with Gasteiger partial charge in [0, 0.05) is 39.2 Å². The molecule has 1 aliphatic rings. The number of amides is 1. The number of aromatic nitrogens is 2. The van der Waals surface area contributed by atoms with Crippen molar-refractivity contribution < 1.29 is 32.2 Å². The SMILES string of the molecule is COCCN(Cc1ccc(C(F)(F)F)cc1)c1ncnc(NC[C@@H]2CCN(CC(N)=O)C[C@H]2O)c1F. The topological polar surface area (TPSA) is 117 Å². The zero-order chi connectivity index (χ0) is 26.3. The van der Waals surface area contributed by atoms with Gasteiger partial charge in [0.1, 0.15) is 6.33 Å². The average molecular weight is 515 g/mol. The van der Waals surface area contributed by atoms with E-state index in [-0.39, 0.29) is 56.9 Å². The van der Waals surface area contributed by atoms with Crippen LogP contribution in [-0.2, 0) is 22.3 Å². The first-order valence-corrected chi connectivity index (χ1v) is 11.4. The molecule has 2 aromatic rings. The van der Waals surface area contributed by atoms with Gasteiger partial charge in [-0.15, -0.1) is 0 Å².